The molecule has 0 bridgehead atoms. The van der Waals surface area contributed by atoms with E-state index < -0.39 is 0 Å². The van der Waals surface area contributed by atoms with E-state index in [9.17, 15) is 0 Å². The van der Waals surface area contributed by atoms with Crippen LogP contribution in [-0.2, 0) is 0 Å². The molecule has 0 nitrogen and oxygen atoms in total. The van der Waals surface area contributed by atoms with E-state index in [0.717, 1.165) is 0 Å². The molecule has 0 aliphatic heterocycles. The van der Waals surface area contributed by atoms with Crippen molar-refractivity contribution < 1.29 is 0 Å². The van der Waals surface area contributed by atoms with Gasteiger partial charge in [-0.1, -0.05) is 115 Å². The molecule has 0 atom stereocenters. The fourth-order valence-electron chi connectivity index (χ4n) is 5.40. The van der Waals surface area contributed by atoms with Crippen LogP contribution in [0.5, 0.6) is 0 Å². The first-order valence-corrected chi connectivity index (χ1v) is 11.8. The third kappa shape index (κ3) is 2.93. The number of fused-ring (bicyclic) bond motifs is 6. The zero-order chi connectivity index (χ0) is 22.5. The van der Waals surface area contributed by atoms with Gasteiger partial charge in [0.05, 0.1) is 0 Å². The zero-order valence-electron chi connectivity index (χ0n) is 18.7. The Morgan fingerprint density at radius 1 is 0.265 bits per heavy atom. The lowest BCUT2D eigenvalue weighted by atomic mass is 9.87. The third-order valence-electron chi connectivity index (χ3n) is 7.03. The molecule has 0 saturated heterocycles. The van der Waals surface area contributed by atoms with Gasteiger partial charge in [0.15, 0.2) is 0 Å². The second-order valence-corrected chi connectivity index (χ2v) is 8.96. The van der Waals surface area contributed by atoms with E-state index in [0.29, 0.717) is 0 Å². The van der Waals surface area contributed by atoms with Gasteiger partial charge in [0.2, 0.25) is 0 Å². The molecule has 34 heavy (non-hydrogen) atoms. The van der Waals surface area contributed by atoms with Crippen LogP contribution in [0.1, 0.15) is 0 Å². The quantitative estimate of drug-likeness (QED) is 0.239. The van der Waals surface area contributed by atoms with Gasteiger partial charge < -0.3 is 0 Å². The van der Waals surface area contributed by atoms with Crippen LogP contribution < -0.4 is 0 Å². The highest BCUT2D eigenvalue weighted by Gasteiger charge is 2.14. The van der Waals surface area contributed by atoms with Crippen molar-refractivity contribution in [3.05, 3.63) is 133 Å². The average Bonchev–Trinajstić information content (AvgIpc) is 2.92. The fraction of sp³-hybridized carbons (Fsp3) is 0. The molecule has 0 fully saturated rings. The van der Waals surface area contributed by atoms with E-state index in [-0.39, 0.29) is 0 Å². The van der Waals surface area contributed by atoms with Gasteiger partial charge in [0, 0.05) is 0 Å². The predicted molar refractivity (Wildman–Crippen MR) is 147 cm³/mol. The van der Waals surface area contributed by atoms with Gasteiger partial charge in [-0.15, -0.1) is 0 Å². The maximum Gasteiger partial charge on any atom is -0.00923 e. The summed E-state index contributed by atoms with van der Waals surface area (Å²) in [6.45, 7) is 0. The number of benzene rings is 7. The van der Waals surface area contributed by atoms with Crippen molar-refractivity contribution in [2.75, 3.05) is 0 Å². The minimum absolute atomic E-state index is 1.25. The molecular weight excluding hydrogens is 408 g/mol. The van der Waals surface area contributed by atoms with E-state index in [1.54, 1.807) is 0 Å². The summed E-state index contributed by atoms with van der Waals surface area (Å²) >= 11 is 0. The van der Waals surface area contributed by atoms with Crippen LogP contribution in [0.15, 0.2) is 133 Å². The minimum Gasteiger partial charge on any atom is -0.0622 e. The topological polar surface area (TPSA) is 0 Å². The van der Waals surface area contributed by atoms with Gasteiger partial charge >= 0.3 is 0 Å². The van der Waals surface area contributed by atoms with E-state index in [1.807, 2.05) is 0 Å². The summed E-state index contributed by atoms with van der Waals surface area (Å²) in [5, 5.41) is 10.3. The van der Waals surface area contributed by atoms with Crippen molar-refractivity contribution in [1.29, 1.82) is 0 Å². The van der Waals surface area contributed by atoms with Gasteiger partial charge in [-0.05, 0) is 83.5 Å². The zero-order valence-corrected chi connectivity index (χ0v) is 18.7. The van der Waals surface area contributed by atoms with Crippen LogP contribution in [0, 0.1) is 0 Å². The van der Waals surface area contributed by atoms with Crippen molar-refractivity contribution in [2.45, 2.75) is 0 Å². The van der Waals surface area contributed by atoms with Crippen LogP contribution in [0.3, 0.4) is 0 Å². The Labute approximate surface area is 198 Å². The normalized spacial score (nSPS) is 11.5. The minimum atomic E-state index is 1.25. The molecule has 158 valence electrons. The summed E-state index contributed by atoms with van der Waals surface area (Å²) in [5.74, 6) is 0. The molecule has 0 aromatic heterocycles. The Balaban J connectivity index is 1.62. The molecule has 0 aliphatic carbocycles. The third-order valence-corrected chi connectivity index (χ3v) is 7.03. The van der Waals surface area contributed by atoms with Crippen LogP contribution in [0.25, 0.3) is 65.3 Å². The molecule has 0 heteroatoms. The first-order chi connectivity index (χ1) is 16.9. The molecule has 0 radical (unpaired) electrons. The summed E-state index contributed by atoms with van der Waals surface area (Å²) in [4.78, 5) is 0. The van der Waals surface area contributed by atoms with Gasteiger partial charge in [0.1, 0.15) is 0 Å². The highest BCUT2D eigenvalue weighted by Crippen LogP contribution is 2.41. The molecule has 0 unspecified atom stereocenters. The number of hydrogen-bond acceptors (Lipinski definition) is 0. The van der Waals surface area contributed by atoms with Crippen LogP contribution in [0.4, 0.5) is 0 Å². The van der Waals surface area contributed by atoms with Crippen LogP contribution in [0.2, 0.25) is 0 Å². The van der Waals surface area contributed by atoms with Gasteiger partial charge in [-0.3, -0.25) is 0 Å². The van der Waals surface area contributed by atoms with E-state index >= 15 is 0 Å². The van der Waals surface area contributed by atoms with Crippen molar-refractivity contribution in [1.82, 2.24) is 0 Å². The summed E-state index contributed by atoms with van der Waals surface area (Å²) < 4.78 is 0. The predicted octanol–water partition coefficient (Wildman–Crippen LogP) is 9.63. The monoisotopic (exact) mass is 430 g/mol. The molecular formula is C34H22. The Kier molecular flexibility index (Phi) is 4.25. The van der Waals surface area contributed by atoms with E-state index in [2.05, 4.69) is 133 Å². The van der Waals surface area contributed by atoms with Gasteiger partial charge in [-0.2, -0.15) is 0 Å². The Bertz CT molecular complexity index is 1840. The summed E-state index contributed by atoms with van der Waals surface area (Å²) in [7, 11) is 0. The molecule has 7 aromatic rings. The van der Waals surface area contributed by atoms with Crippen molar-refractivity contribution >= 4 is 43.1 Å². The fourth-order valence-corrected chi connectivity index (χ4v) is 5.40. The summed E-state index contributed by atoms with van der Waals surface area (Å²) in [5.41, 5.74) is 5.08. The number of hydrogen-bond donors (Lipinski definition) is 0. The second kappa shape index (κ2) is 7.57. The lowest BCUT2D eigenvalue weighted by molar-refractivity contribution is 1.66. The average molecular weight is 431 g/mol. The standard InChI is InChI=1S/C34H22/c1-2-11-24(12-3-1)31-21-33-30-17-9-7-15-28(30)32(22-34(33)29-16-8-6-14-27(29)31)26-19-18-23-10-4-5-13-25(23)20-26/h1-22H. The van der Waals surface area contributed by atoms with E-state index in [4.69, 9.17) is 0 Å². The van der Waals surface area contributed by atoms with Crippen molar-refractivity contribution in [3.63, 3.8) is 0 Å². The maximum absolute atomic E-state index is 2.40. The molecule has 0 saturated carbocycles. The first-order valence-electron chi connectivity index (χ1n) is 11.8. The summed E-state index contributed by atoms with van der Waals surface area (Å²) in [6.07, 6.45) is 0. The van der Waals surface area contributed by atoms with Gasteiger partial charge in [-0.25, -0.2) is 0 Å². The Morgan fingerprint density at radius 3 is 1.41 bits per heavy atom. The number of rotatable bonds is 2. The molecule has 0 spiro atoms. The molecule has 7 aromatic carbocycles. The molecule has 7 rings (SSSR count). The molecule has 0 amide bonds. The highest BCUT2D eigenvalue weighted by molar-refractivity contribution is 6.23. The summed E-state index contributed by atoms with van der Waals surface area (Å²) in [6, 6.07) is 48.6. The lowest BCUT2D eigenvalue weighted by Crippen LogP contribution is -1.89. The Hall–Kier alpha value is -4.42. The largest absolute Gasteiger partial charge is 0.0622 e. The van der Waals surface area contributed by atoms with Crippen molar-refractivity contribution in [3.8, 4) is 22.3 Å². The molecule has 0 heterocycles. The van der Waals surface area contributed by atoms with Crippen LogP contribution in [-0.4, -0.2) is 0 Å². The highest BCUT2D eigenvalue weighted by atomic mass is 14.2. The SMILES string of the molecule is c1ccc(-c2cc3c4ccccc4c(-c4ccc5ccccc5c4)cc3c3ccccc23)cc1. The van der Waals surface area contributed by atoms with Crippen LogP contribution >= 0.6 is 0 Å². The van der Waals surface area contributed by atoms with E-state index in [1.165, 1.54) is 65.3 Å². The second-order valence-electron chi connectivity index (χ2n) is 8.96. The lowest BCUT2D eigenvalue weighted by Gasteiger charge is -2.16. The van der Waals surface area contributed by atoms with Gasteiger partial charge in [0.25, 0.3) is 0 Å². The first kappa shape index (κ1) is 19.1. The smallest absolute Gasteiger partial charge is 0.00923 e. The maximum atomic E-state index is 2.40. The van der Waals surface area contributed by atoms with Crippen molar-refractivity contribution in [2.24, 2.45) is 0 Å². The molecule has 0 aliphatic rings. The Morgan fingerprint density at radius 2 is 0.765 bits per heavy atom. The molecule has 0 N–H and O–H groups in total.